The van der Waals surface area contributed by atoms with Crippen LogP contribution in [0, 0.1) is 11.7 Å². The molecule has 112 valence electrons. The first-order valence-electron chi connectivity index (χ1n) is 7.39. The first-order valence-corrected chi connectivity index (χ1v) is 7.77. The van der Waals surface area contributed by atoms with Crippen molar-refractivity contribution in [2.45, 2.75) is 39.3 Å². The van der Waals surface area contributed by atoms with Crippen LogP contribution in [0.15, 0.2) is 18.2 Å². The average molecular weight is 299 g/mol. The van der Waals surface area contributed by atoms with Crippen molar-refractivity contribution in [3.8, 4) is 0 Å². The van der Waals surface area contributed by atoms with E-state index in [2.05, 4.69) is 31.0 Å². The minimum atomic E-state index is -0.283. The zero-order chi connectivity index (χ0) is 14.7. The monoisotopic (exact) mass is 298 g/mol. The van der Waals surface area contributed by atoms with Crippen molar-refractivity contribution in [2.75, 3.05) is 19.6 Å². The molecule has 1 aliphatic heterocycles. The molecule has 4 heteroatoms. The van der Waals surface area contributed by atoms with Gasteiger partial charge in [-0.15, -0.1) is 0 Å². The maximum atomic E-state index is 13.1. The lowest BCUT2D eigenvalue weighted by molar-refractivity contribution is 0.263. The van der Waals surface area contributed by atoms with Crippen molar-refractivity contribution in [3.63, 3.8) is 0 Å². The summed E-state index contributed by atoms with van der Waals surface area (Å²) in [5.74, 6) is 0.411. The topological polar surface area (TPSA) is 15.3 Å². The van der Waals surface area contributed by atoms with Crippen LogP contribution in [0.25, 0.3) is 0 Å². The Bertz CT molecular complexity index is 450. The summed E-state index contributed by atoms with van der Waals surface area (Å²) < 4.78 is 13.1. The van der Waals surface area contributed by atoms with Gasteiger partial charge in [-0.3, -0.25) is 0 Å². The fourth-order valence-electron chi connectivity index (χ4n) is 2.80. The van der Waals surface area contributed by atoms with Gasteiger partial charge in [-0.05, 0) is 63.9 Å². The van der Waals surface area contributed by atoms with Gasteiger partial charge in [-0.1, -0.05) is 17.7 Å². The Hall–Kier alpha value is -0.640. The lowest BCUT2D eigenvalue weighted by Crippen LogP contribution is -2.31. The zero-order valence-corrected chi connectivity index (χ0v) is 13.3. The van der Waals surface area contributed by atoms with Gasteiger partial charge in [-0.25, -0.2) is 4.39 Å². The van der Waals surface area contributed by atoms with Gasteiger partial charge in [0.15, 0.2) is 0 Å². The van der Waals surface area contributed by atoms with Crippen LogP contribution in [-0.2, 0) is 0 Å². The minimum Gasteiger partial charge on any atom is -0.310 e. The number of rotatable bonds is 5. The Morgan fingerprint density at radius 3 is 2.75 bits per heavy atom. The fraction of sp³-hybridized carbons (Fsp3) is 0.625. The van der Waals surface area contributed by atoms with Crippen molar-refractivity contribution in [3.05, 3.63) is 34.6 Å². The second-order valence-corrected chi connectivity index (χ2v) is 6.45. The van der Waals surface area contributed by atoms with Gasteiger partial charge < -0.3 is 10.2 Å². The molecule has 0 saturated carbocycles. The first kappa shape index (κ1) is 15.7. The molecule has 0 aromatic heterocycles. The van der Waals surface area contributed by atoms with Gasteiger partial charge in [0.1, 0.15) is 5.82 Å². The molecule has 1 heterocycles. The van der Waals surface area contributed by atoms with E-state index in [0.717, 1.165) is 18.7 Å². The molecule has 1 aliphatic rings. The quantitative estimate of drug-likeness (QED) is 0.888. The molecule has 1 N–H and O–H groups in total. The number of nitrogens with zero attached hydrogens (tertiary/aromatic N) is 1. The summed E-state index contributed by atoms with van der Waals surface area (Å²) in [6, 6.07) is 5.39. The van der Waals surface area contributed by atoms with E-state index in [4.69, 9.17) is 11.6 Å². The van der Waals surface area contributed by atoms with Gasteiger partial charge in [0, 0.05) is 23.7 Å². The predicted octanol–water partition coefficient (Wildman–Crippen LogP) is 3.86. The highest BCUT2D eigenvalue weighted by Gasteiger charge is 2.24. The van der Waals surface area contributed by atoms with Crippen LogP contribution in [0.3, 0.4) is 0 Å². The van der Waals surface area contributed by atoms with Crippen molar-refractivity contribution in [2.24, 2.45) is 5.92 Å². The highest BCUT2D eigenvalue weighted by molar-refractivity contribution is 6.31. The lowest BCUT2D eigenvalue weighted by Gasteiger charge is -2.21. The largest absolute Gasteiger partial charge is 0.310 e. The van der Waals surface area contributed by atoms with Crippen LogP contribution in [-0.4, -0.2) is 30.6 Å². The molecule has 2 nitrogen and oxygen atoms in total. The summed E-state index contributed by atoms with van der Waals surface area (Å²) >= 11 is 6.10. The van der Waals surface area contributed by atoms with E-state index in [-0.39, 0.29) is 11.9 Å². The molecule has 1 fully saturated rings. The Kier molecular flexibility index (Phi) is 5.42. The number of nitrogens with one attached hydrogen (secondary N) is 1. The molecule has 0 amide bonds. The fourth-order valence-corrected chi connectivity index (χ4v) is 3.14. The Morgan fingerprint density at radius 2 is 2.15 bits per heavy atom. The van der Waals surface area contributed by atoms with Crippen molar-refractivity contribution >= 4 is 11.6 Å². The van der Waals surface area contributed by atoms with Crippen LogP contribution in [0.2, 0.25) is 5.02 Å². The molecule has 2 atom stereocenters. The highest BCUT2D eigenvalue weighted by Crippen LogP contribution is 2.24. The summed E-state index contributed by atoms with van der Waals surface area (Å²) in [6.45, 7) is 9.91. The standard InChI is InChI=1S/C16H24ClFN2/c1-11(2)20-7-6-13(10-20)9-19-12(3)15-5-4-14(18)8-16(15)17/h4-5,8,11-13,19H,6-7,9-10H2,1-3H3. The van der Waals surface area contributed by atoms with Gasteiger partial charge >= 0.3 is 0 Å². The Morgan fingerprint density at radius 1 is 1.40 bits per heavy atom. The molecular weight excluding hydrogens is 275 g/mol. The molecule has 2 rings (SSSR count). The van der Waals surface area contributed by atoms with Gasteiger partial charge in [-0.2, -0.15) is 0 Å². The SMILES string of the molecule is CC(NCC1CCN(C(C)C)C1)c1ccc(F)cc1Cl. The summed E-state index contributed by atoms with van der Waals surface area (Å²) in [7, 11) is 0. The number of halogens is 2. The van der Waals surface area contributed by atoms with E-state index in [1.165, 1.54) is 25.1 Å². The Balaban J connectivity index is 1.85. The van der Waals surface area contributed by atoms with E-state index in [0.29, 0.717) is 17.0 Å². The molecule has 1 saturated heterocycles. The molecule has 0 bridgehead atoms. The molecule has 1 aromatic rings. The average Bonchev–Trinajstić information content (AvgIpc) is 2.85. The molecule has 2 unspecified atom stereocenters. The zero-order valence-electron chi connectivity index (χ0n) is 12.5. The predicted molar refractivity (Wildman–Crippen MR) is 82.6 cm³/mol. The smallest absolute Gasteiger partial charge is 0.124 e. The van der Waals surface area contributed by atoms with E-state index in [1.807, 2.05) is 0 Å². The number of hydrogen-bond donors (Lipinski definition) is 1. The summed E-state index contributed by atoms with van der Waals surface area (Å²) in [5.41, 5.74) is 0.965. The van der Waals surface area contributed by atoms with E-state index >= 15 is 0 Å². The van der Waals surface area contributed by atoms with Crippen LogP contribution < -0.4 is 5.32 Å². The summed E-state index contributed by atoms with van der Waals surface area (Å²) in [4.78, 5) is 2.52. The van der Waals surface area contributed by atoms with E-state index in [1.54, 1.807) is 6.07 Å². The van der Waals surface area contributed by atoms with E-state index < -0.39 is 0 Å². The number of benzene rings is 1. The van der Waals surface area contributed by atoms with Crippen LogP contribution in [0.5, 0.6) is 0 Å². The molecule has 0 spiro atoms. The first-order chi connectivity index (χ1) is 9.47. The lowest BCUT2D eigenvalue weighted by atomic mass is 10.1. The van der Waals surface area contributed by atoms with Crippen molar-refractivity contribution in [1.82, 2.24) is 10.2 Å². The molecule has 1 aromatic carbocycles. The Labute approximate surface area is 126 Å². The van der Waals surface area contributed by atoms with Gasteiger partial charge in [0.2, 0.25) is 0 Å². The maximum Gasteiger partial charge on any atom is 0.124 e. The highest BCUT2D eigenvalue weighted by atomic mass is 35.5. The van der Waals surface area contributed by atoms with E-state index in [9.17, 15) is 4.39 Å². The molecule has 0 radical (unpaired) electrons. The summed E-state index contributed by atoms with van der Waals surface area (Å²) in [6.07, 6.45) is 1.25. The molecular formula is C16H24ClFN2. The second-order valence-electron chi connectivity index (χ2n) is 6.04. The second kappa shape index (κ2) is 6.88. The minimum absolute atomic E-state index is 0.149. The van der Waals surface area contributed by atoms with Crippen molar-refractivity contribution in [1.29, 1.82) is 0 Å². The molecule has 0 aliphatic carbocycles. The normalized spacial score (nSPS) is 21.6. The third-order valence-electron chi connectivity index (χ3n) is 4.19. The third-order valence-corrected chi connectivity index (χ3v) is 4.52. The van der Waals surface area contributed by atoms with Gasteiger partial charge in [0.25, 0.3) is 0 Å². The summed E-state index contributed by atoms with van der Waals surface area (Å²) in [5, 5.41) is 4.03. The number of hydrogen-bond acceptors (Lipinski definition) is 2. The van der Waals surface area contributed by atoms with Crippen LogP contribution in [0.4, 0.5) is 4.39 Å². The van der Waals surface area contributed by atoms with Crippen LogP contribution >= 0.6 is 11.6 Å². The van der Waals surface area contributed by atoms with Crippen LogP contribution in [0.1, 0.15) is 38.8 Å². The third kappa shape index (κ3) is 3.94. The van der Waals surface area contributed by atoms with Gasteiger partial charge in [0.05, 0.1) is 0 Å². The molecule has 20 heavy (non-hydrogen) atoms. The maximum absolute atomic E-state index is 13.1. The van der Waals surface area contributed by atoms with Crippen molar-refractivity contribution < 1.29 is 4.39 Å². The number of likely N-dealkylation sites (tertiary alicyclic amines) is 1.